The van der Waals surface area contributed by atoms with Gasteiger partial charge in [-0.15, -0.1) is 0 Å². The van der Waals surface area contributed by atoms with E-state index in [0.29, 0.717) is 21.7 Å². The van der Waals surface area contributed by atoms with E-state index in [2.05, 4.69) is 10.1 Å². The first-order valence-corrected chi connectivity index (χ1v) is 8.02. The third kappa shape index (κ3) is 3.19. The van der Waals surface area contributed by atoms with E-state index < -0.39 is 23.7 Å². The molecule has 2 aromatic carbocycles. The number of halogens is 1. The Kier molecular flexibility index (Phi) is 4.77. The molecule has 1 atom stereocenters. The Morgan fingerprint density at radius 1 is 1.04 bits per heavy atom. The van der Waals surface area contributed by atoms with Crippen LogP contribution in [0.3, 0.4) is 0 Å². The lowest BCUT2D eigenvalue weighted by molar-refractivity contribution is -0.133. The number of ether oxygens (including phenoxy) is 1. The molecule has 0 aliphatic carbocycles. The zero-order chi connectivity index (χ0) is 18.8. The van der Waals surface area contributed by atoms with Crippen molar-refractivity contribution in [2.24, 2.45) is 0 Å². The summed E-state index contributed by atoms with van der Waals surface area (Å²) in [6, 6.07) is 11.6. The number of methoxy groups -OCH3 is 1. The largest absolute Gasteiger partial charge is 0.507 e. The molecule has 1 saturated heterocycles. The number of benzene rings is 2. The normalized spacial score (nSPS) is 18.5. The lowest BCUT2D eigenvalue weighted by Gasteiger charge is -2.14. The molecule has 6 nitrogen and oxygen atoms in total. The van der Waals surface area contributed by atoms with Gasteiger partial charge in [0.15, 0.2) is 0 Å². The minimum absolute atomic E-state index is 0.0526. The number of aliphatic hydroxyl groups is 1. The van der Waals surface area contributed by atoms with E-state index in [1.165, 1.54) is 19.2 Å². The Morgan fingerprint density at radius 2 is 1.62 bits per heavy atom. The molecule has 0 saturated carbocycles. The number of carbonyl (C=O) groups excluding carboxylic acids is 3. The Hall–Kier alpha value is -3.12. The topological polar surface area (TPSA) is 92.7 Å². The van der Waals surface area contributed by atoms with Crippen molar-refractivity contribution in [3.63, 3.8) is 0 Å². The number of esters is 1. The Labute approximate surface area is 154 Å². The highest BCUT2D eigenvalue weighted by molar-refractivity contribution is 6.46. The average molecular weight is 372 g/mol. The maximum absolute atomic E-state index is 12.3. The van der Waals surface area contributed by atoms with Gasteiger partial charge in [-0.2, -0.15) is 0 Å². The van der Waals surface area contributed by atoms with E-state index >= 15 is 0 Å². The molecule has 7 heteroatoms. The molecule has 0 radical (unpaired) electrons. The molecule has 1 fully saturated rings. The van der Waals surface area contributed by atoms with Crippen molar-refractivity contribution >= 4 is 35.0 Å². The second-order valence-corrected chi connectivity index (χ2v) is 6.05. The fourth-order valence-electron chi connectivity index (χ4n) is 2.71. The Bertz CT molecular complexity index is 916. The molecule has 0 aromatic heterocycles. The lowest BCUT2D eigenvalue weighted by atomic mass is 9.95. The van der Waals surface area contributed by atoms with Crippen molar-refractivity contribution in [3.05, 3.63) is 75.8 Å². The van der Waals surface area contributed by atoms with Gasteiger partial charge in [0.05, 0.1) is 24.3 Å². The maximum Gasteiger partial charge on any atom is 0.337 e. The summed E-state index contributed by atoms with van der Waals surface area (Å²) >= 11 is 5.84. The van der Waals surface area contributed by atoms with E-state index in [1.54, 1.807) is 36.4 Å². The van der Waals surface area contributed by atoms with Gasteiger partial charge in [0.25, 0.3) is 11.7 Å². The number of carbonyl (C=O) groups is 3. The summed E-state index contributed by atoms with van der Waals surface area (Å²) in [7, 11) is 1.27. The third-order valence-corrected chi connectivity index (χ3v) is 4.30. The monoisotopic (exact) mass is 371 g/mol. The number of amides is 1. The van der Waals surface area contributed by atoms with Gasteiger partial charge in [0.1, 0.15) is 5.76 Å². The number of hydrogen-bond donors (Lipinski definition) is 2. The predicted octanol–water partition coefficient (Wildman–Crippen LogP) is 2.84. The quantitative estimate of drug-likeness (QED) is 0.374. The van der Waals surface area contributed by atoms with Crippen LogP contribution in [0.5, 0.6) is 0 Å². The molecule has 132 valence electrons. The lowest BCUT2D eigenvalue weighted by Crippen LogP contribution is -2.21. The summed E-state index contributed by atoms with van der Waals surface area (Å²) in [5, 5.41) is 13.6. The van der Waals surface area contributed by atoms with Crippen molar-refractivity contribution in [2.75, 3.05) is 7.11 Å². The van der Waals surface area contributed by atoms with E-state index in [0.717, 1.165) is 0 Å². The van der Waals surface area contributed by atoms with Crippen LogP contribution < -0.4 is 5.32 Å². The van der Waals surface area contributed by atoms with Gasteiger partial charge in [-0.3, -0.25) is 9.59 Å². The standard InChI is InChI=1S/C19H14ClNO5/c1-26-19(25)12-4-2-10(3-5-12)15-14(17(23)18(24)21-15)16(22)11-6-8-13(20)9-7-11/h2-9,15,22H,1H3,(H,21,24). The van der Waals surface area contributed by atoms with Gasteiger partial charge < -0.3 is 15.2 Å². The summed E-state index contributed by atoms with van der Waals surface area (Å²) in [5.74, 6) is -2.41. The van der Waals surface area contributed by atoms with Crippen molar-refractivity contribution in [3.8, 4) is 0 Å². The second kappa shape index (κ2) is 7.01. The molecular weight excluding hydrogens is 358 g/mol. The van der Waals surface area contributed by atoms with Crippen LogP contribution in [0.4, 0.5) is 0 Å². The minimum Gasteiger partial charge on any atom is -0.507 e. The average Bonchev–Trinajstić information content (AvgIpc) is 2.96. The molecule has 1 unspecified atom stereocenters. The highest BCUT2D eigenvalue weighted by Crippen LogP contribution is 2.33. The summed E-state index contributed by atoms with van der Waals surface area (Å²) in [6.07, 6.45) is 0. The van der Waals surface area contributed by atoms with Crippen molar-refractivity contribution in [1.29, 1.82) is 0 Å². The Balaban J connectivity index is 2.03. The highest BCUT2D eigenvalue weighted by atomic mass is 35.5. The number of nitrogens with one attached hydrogen (secondary N) is 1. The van der Waals surface area contributed by atoms with Crippen LogP contribution >= 0.6 is 11.6 Å². The SMILES string of the molecule is COC(=O)c1ccc(C2NC(=O)C(=O)C2=C(O)c2ccc(Cl)cc2)cc1. The van der Waals surface area contributed by atoms with E-state index in [1.807, 2.05) is 0 Å². The molecular formula is C19H14ClNO5. The first-order valence-electron chi connectivity index (χ1n) is 7.65. The minimum atomic E-state index is -0.822. The van der Waals surface area contributed by atoms with Crippen molar-refractivity contribution < 1.29 is 24.2 Å². The van der Waals surface area contributed by atoms with Crippen LogP contribution in [0.2, 0.25) is 5.02 Å². The third-order valence-electron chi connectivity index (χ3n) is 4.05. The van der Waals surface area contributed by atoms with Gasteiger partial charge >= 0.3 is 5.97 Å². The molecule has 1 aliphatic rings. The molecule has 1 amide bonds. The van der Waals surface area contributed by atoms with Crippen LogP contribution in [0, 0.1) is 0 Å². The molecule has 1 heterocycles. The fourth-order valence-corrected chi connectivity index (χ4v) is 2.84. The highest BCUT2D eigenvalue weighted by Gasteiger charge is 2.39. The molecule has 2 N–H and O–H groups in total. The fraction of sp³-hybridized carbons (Fsp3) is 0.105. The smallest absolute Gasteiger partial charge is 0.337 e. The van der Waals surface area contributed by atoms with Crippen molar-refractivity contribution in [1.82, 2.24) is 5.32 Å². The number of hydrogen-bond acceptors (Lipinski definition) is 5. The van der Waals surface area contributed by atoms with E-state index in [-0.39, 0.29) is 11.3 Å². The summed E-state index contributed by atoms with van der Waals surface area (Å²) in [5.41, 5.74) is 1.19. The van der Waals surface area contributed by atoms with Gasteiger partial charge in [-0.05, 0) is 42.0 Å². The van der Waals surface area contributed by atoms with E-state index in [4.69, 9.17) is 11.6 Å². The molecule has 2 aromatic rings. The van der Waals surface area contributed by atoms with Crippen molar-refractivity contribution in [2.45, 2.75) is 6.04 Å². The van der Waals surface area contributed by atoms with Gasteiger partial charge in [-0.1, -0.05) is 23.7 Å². The second-order valence-electron chi connectivity index (χ2n) is 5.62. The first kappa shape index (κ1) is 17.7. The van der Waals surface area contributed by atoms with Crippen LogP contribution in [0.1, 0.15) is 27.5 Å². The summed E-state index contributed by atoms with van der Waals surface area (Å²) in [4.78, 5) is 35.7. The van der Waals surface area contributed by atoms with Gasteiger partial charge in [0, 0.05) is 10.6 Å². The number of ketones is 1. The number of aliphatic hydroxyl groups excluding tert-OH is 1. The molecule has 26 heavy (non-hydrogen) atoms. The zero-order valence-electron chi connectivity index (χ0n) is 13.7. The van der Waals surface area contributed by atoms with Crippen LogP contribution in [-0.4, -0.2) is 29.9 Å². The predicted molar refractivity (Wildman–Crippen MR) is 94.7 cm³/mol. The van der Waals surface area contributed by atoms with Crippen LogP contribution in [0.15, 0.2) is 54.1 Å². The zero-order valence-corrected chi connectivity index (χ0v) is 14.4. The molecule has 3 rings (SSSR count). The van der Waals surface area contributed by atoms with E-state index in [9.17, 15) is 19.5 Å². The molecule has 0 bridgehead atoms. The van der Waals surface area contributed by atoms with Crippen LogP contribution in [0.25, 0.3) is 5.76 Å². The molecule has 1 aliphatic heterocycles. The van der Waals surface area contributed by atoms with Crippen LogP contribution in [-0.2, 0) is 14.3 Å². The van der Waals surface area contributed by atoms with Gasteiger partial charge in [-0.25, -0.2) is 4.79 Å². The Morgan fingerprint density at radius 3 is 2.19 bits per heavy atom. The molecule has 0 spiro atoms. The summed E-state index contributed by atoms with van der Waals surface area (Å²) < 4.78 is 4.64. The number of rotatable bonds is 3. The van der Waals surface area contributed by atoms with Gasteiger partial charge in [0.2, 0.25) is 0 Å². The number of Topliss-reactive ketones (excluding diaryl/α,β-unsaturated/α-hetero) is 1. The maximum atomic E-state index is 12.3. The summed E-state index contributed by atoms with van der Waals surface area (Å²) in [6.45, 7) is 0. The first-order chi connectivity index (χ1) is 12.4.